The van der Waals surface area contributed by atoms with E-state index in [0.29, 0.717) is 58.7 Å². The third-order valence-electron chi connectivity index (χ3n) is 9.18. The number of carbonyl (C=O) groups excluding carboxylic acids is 3. The summed E-state index contributed by atoms with van der Waals surface area (Å²) in [6.07, 6.45) is 5.01. The number of hydrogen-bond acceptors (Lipinski definition) is 9. The molecular formula is C36H46N6O5. The second-order valence-electron chi connectivity index (χ2n) is 12.4. The van der Waals surface area contributed by atoms with Crippen LogP contribution in [0, 0.1) is 5.92 Å². The first kappa shape index (κ1) is 34.0. The van der Waals surface area contributed by atoms with Crippen LogP contribution in [0.1, 0.15) is 55.3 Å². The van der Waals surface area contributed by atoms with E-state index < -0.39 is 0 Å². The van der Waals surface area contributed by atoms with Crippen molar-refractivity contribution in [2.75, 3.05) is 46.9 Å². The number of hydrogen-bond donors (Lipinski definition) is 1. The van der Waals surface area contributed by atoms with Crippen molar-refractivity contribution in [3.8, 4) is 0 Å². The summed E-state index contributed by atoms with van der Waals surface area (Å²) in [6.45, 7) is 6.06. The Morgan fingerprint density at radius 2 is 1.74 bits per heavy atom. The van der Waals surface area contributed by atoms with Gasteiger partial charge < -0.3 is 24.7 Å². The van der Waals surface area contributed by atoms with Crippen molar-refractivity contribution in [3.05, 3.63) is 71.7 Å². The number of amides is 1. The second-order valence-corrected chi connectivity index (χ2v) is 12.4. The molecule has 1 atom stereocenters. The predicted molar refractivity (Wildman–Crippen MR) is 180 cm³/mol. The molecule has 0 saturated carbocycles. The smallest absolute Gasteiger partial charge is 0.309 e. The van der Waals surface area contributed by atoms with Crippen LogP contribution in [0.15, 0.2) is 54.9 Å². The van der Waals surface area contributed by atoms with Gasteiger partial charge in [-0.3, -0.25) is 24.3 Å². The Kier molecular flexibility index (Phi) is 11.6. The number of likely N-dealkylation sites (tertiary alicyclic amines) is 1. The topological polar surface area (TPSA) is 133 Å². The van der Waals surface area contributed by atoms with E-state index in [4.69, 9.17) is 25.2 Å². The molecule has 1 amide bonds. The Hall–Kier alpha value is -4.35. The molecule has 1 unspecified atom stereocenters. The number of methoxy groups -OCH3 is 2. The number of rotatable bonds is 14. The average molecular weight is 643 g/mol. The van der Waals surface area contributed by atoms with E-state index in [0.717, 1.165) is 51.6 Å². The number of aromatic nitrogens is 3. The number of para-hydroxylation sites is 1. The third-order valence-corrected chi connectivity index (χ3v) is 9.18. The number of benzene rings is 2. The van der Waals surface area contributed by atoms with Gasteiger partial charge in [-0.25, -0.2) is 4.98 Å². The molecule has 3 heterocycles. The van der Waals surface area contributed by atoms with Gasteiger partial charge in [-0.05, 0) is 62.5 Å². The van der Waals surface area contributed by atoms with Crippen LogP contribution in [0.5, 0.6) is 0 Å². The van der Waals surface area contributed by atoms with Crippen molar-refractivity contribution in [1.82, 2.24) is 24.3 Å². The molecule has 1 saturated heterocycles. The van der Waals surface area contributed by atoms with Gasteiger partial charge in [-0.2, -0.15) is 0 Å². The number of imidazole rings is 1. The standard InChI is InChI=1S/C36H46N6O5/c1-25(13-16-37)33-34-35(29-7-4-5-8-30(29)39-33)42(24-38-34)18-6-17-41(22-27-11-9-26(10-12-27)21-32(44)46-2)31(43)23-40-19-14-28(15-20-40)36(45)47-3/h4-5,7-12,24-25,28H,6,13-23,37H2,1-3H3. The SMILES string of the molecule is COC(=O)Cc1ccc(CN(CCCn2cnc3c(C(C)CCN)nc4ccccc4c32)C(=O)CN2CCC(C(=O)OC)CC2)cc1. The molecular weight excluding hydrogens is 596 g/mol. The minimum absolute atomic E-state index is 0.0446. The highest BCUT2D eigenvalue weighted by atomic mass is 16.5. The maximum absolute atomic E-state index is 13.8. The highest BCUT2D eigenvalue weighted by Gasteiger charge is 2.28. The Balaban J connectivity index is 1.32. The van der Waals surface area contributed by atoms with Crippen LogP contribution < -0.4 is 5.73 Å². The number of esters is 2. The van der Waals surface area contributed by atoms with E-state index in [2.05, 4.69) is 22.5 Å². The molecule has 11 nitrogen and oxygen atoms in total. The van der Waals surface area contributed by atoms with Crippen molar-refractivity contribution in [1.29, 1.82) is 0 Å². The molecule has 2 N–H and O–H groups in total. The molecule has 1 aliphatic rings. The van der Waals surface area contributed by atoms with Gasteiger partial charge in [-0.15, -0.1) is 0 Å². The Morgan fingerprint density at radius 3 is 2.45 bits per heavy atom. The van der Waals surface area contributed by atoms with Gasteiger partial charge in [0.15, 0.2) is 0 Å². The monoisotopic (exact) mass is 642 g/mol. The van der Waals surface area contributed by atoms with E-state index in [-0.39, 0.29) is 36.1 Å². The van der Waals surface area contributed by atoms with Crippen molar-refractivity contribution in [2.24, 2.45) is 11.7 Å². The molecule has 1 aliphatic heterocycles. The molecule has 0 bridgehead atoms. The highest BCUT2D eigenvalue weighted by molar-refractivity contribution is 6.03. The van der Waals surface area contributed by atoms with Gasteiger partial charge in [-0.1, -0.05) is 49.4 Å². The molecule has 1 fully saturated rings. The largest absolute Gasteiger partial charge is 0.469 e. The molecule has 11 heteroatoms. The summed E-state index contributed by atoms with van der Waals surface area (Å²) in [5.74, 6) is -0.351. The van der Waals surface area contributed by atoms with Crippen molar-refractivity contribution < 1.29 is 23.9 Å². The van der Waals surface area contributed by atoms with Crippen LogP contribution in [-0.4, -0.2) is 89.1 Å². The number of pyridine rings is 1. The van der Waals surface area contributed by atoms with Crippen LogP contribution >= 0.6 is 0 Å². The lowest BCUT2D eigenvalue weighted by Gasteiger charge is -2.32. The number of fused-ring (bicyclic) bond motifs is 3. The number of nitrogens with two attached hydrogens (primary N) is 1. The van der Waals surface area contributed by atoms with E-state index in [1.165, 1.54) is 14.2 Å². The average Bonchev–Trinajstić information content (AvgIpc) is 3.52. The molecule has 5 rings (SSSR count). The number of ether oxygens (including phenoxy) is 2. The summed E-state index contributed by atoms with van der Waals surface area (Å²) in [6, 6.07) is 15.9. The van der Waals surface area contributed by atoms with E-state index in [1.807, 2.05) is 53.7 Å². The van der Waals surface area contributed by atoms with Crippen LogP contribution in [-0.2, 0) is 43.4 Å². The highest BCUT2D eigenvalue weighted by Crippen LogP contribution is 2.31. The fourth-order valence-electron chi connectivity index (χ4n) is 6.44. The number of carbonyl (C=O) groups is 3. The van der Waals surface area contributed by atoms with Crippen LogP contribution in [0.25, 0.3) is 21.9 Å². The van der Waals surface area contributed by atoms with Crippen LogP contribution in [0.4, 0.5) is 0 Å². The van der Waals surface area contributed by atoms with E-state index >= 15 is 0 Å². The maximum atomic E-state index is 13.8. The fourth-order valence-corrected chi connectivity index (χ4v) is 6.44. The summed E-state index contributed by atoms with van der Waals surface area (Å²) in [7, 11) is 2.80. The van der Waals surface area contributed by atoms with Gasteiger partial charge >= 0.3 is 11.9 Å². The molecule has 47 heavy (non-hydrogen) atoms. The fraction of sp³-hybridized carbons (Fsp3) is 0.472. The van der Waals surface area contributed by atoms with Gasteiger partial charge in [0.2, 0.25) is 5.91 Å². The number of aryl methyl sites for hydroxylation is 1. The summed E-state index contributed by atoms with van der Waals surface area (Å²) < 4.78 is 11.9. The summed E-state index contributed by atoms with van der Waals surface area (Å²) in [4.78, 5) is 51.4. The lowest BCUT2D eigenvalue weighted by molar-refractivity contribution is -0.147. The minimum atomic E-state index is -0.290. The Morgan fingerprint density at radius 1 is 1.02 bits per heavy atom. The van der Waals surface area contributed by atoms with Crippen LogP contribution in [0.3, 0.4) is 0 Å². The predicted octanol–water partition coefficient (Wildman–Crippen LogP) is 4.06. The minimum Gasteiger partial charge on any atom is -0.469 e. The number of nitrogens with zero attached hydrogens (tertiary/aromatic N) is 5. The van der Waals surface area contributed by atoms with Crippen molar-refractivity contribution >= 4 is 39.8 Å². The van der Waals surface area contributed by atoms with Crippen molar-refractivity contribution in [3.63, 3.8) is 0 Å². The maximum Gasteiger partial charge on any atom is 0.309 e. The third kappa shape index (κ3) is 8.33. The second kappa shape index (κ2) is 16.0. The zero-order valence-corrected chi connectivity index (χ0v) is 27.7. The zero-order valence-electron chi connectivity index (χ0n) is 27.7. The lowest BCUT2D eigenvalue weighted by atomic mass is 9.97. The molecule has 4 aromatic rings. The number of piperidine rings is 1. The van der Waals surface area contributed by atoms with Gasteiger partial charge in [0, 0.05) is 30.9 Å². The van der Waals surface area contributed by atoms with Crippen LogP contribution in [0.2, 0.25) is 0 Å². The molecule has 0 spiro atoms. The van der Waals surface area contributed by atoms with Crippen molar-refractivity contribution in [2.45, 2.75) is 58.0 Å². The molecule has 250 valence electrons. The van der Waals surface area contributed by atoms with E-state index in [1.54, 1.807) is 0 Å². The lowest BCUT2D eigenvalue weighted by Crippen LogP contribution is -2.44. The Bertz CT molecular complexity index is 1680. The summed E-state index contributed by atoms with van der Waals surface area (Å²) in [5, 5.41) is 1.05. The molecule has 2 aromatic heterocycles. The summed E-state index contributed by atoms with van der Waals surface area (Å²) in [5.41, 5.74) is 11.6. The first-order valence-electron chi connectivity index (χ1n) is 16.5. The summed E-state index contributed by atoms with van der Waals surface area (Å²) >= 11 is 0. The Labute approximate surface area is 276 Å². The zero-order chi connectivity index (χ0) is 33.3. The normalized spacial score (nSPS) is 14.7. The van der Waals surface area contributed by atoms with Gasteiger partial charge in [0.05, 0.1) is 56.2 Å². The van der Waals surface area contributed by atoms with Gasteiger partial charge in [0.1, 0.15) is 5.52 Å². The van der Waals surface area contributed by atoms with E-state index in [9.17, 15) is 14.4 Å². The molecule has 2 aromatic carbocycles. The first-order valence-corrected chi connectivity index (χ1v) is 16.5. The first-order chi connectivity index (χ1) is 22.8. The van der Waals surface area contributed by atoms with Gasteiger partial charge in [0.25, 0.3) is 0 Å². The molecule has 0 aliphatic carbocycles. The quantitative estimate of drug-likeness (QED) is 0.202. The molecule has 0 radical (unpaired) electrons.